The lowest BCUT2D eigenvalue weighted by molar-refractivity contribution is 0.0135. The van der Waals surface area contributed by atoms with E-state index < -0.39 is 9.84 Å². The molecular formula is C34H43N3O5S. The lowest BCUT2D eigenvalue weighted by Crippen LogP contribution is -2.57. The minimum absolute atomic E-state index is 0.145. The molecule has 2 fully saturated rings. The van der Waals surface area contributed by atoms with Crippen molar-refractivity contribution in [3.63, 3.8) is 0 Å². The van der Waals surface area contributed by atoms with Gasteiger partial charge in [0, 0.05) is 62.5 Å². The average molecular weight is 606 g/mol. The number of nitrogens with zero attached hydrogens (tertiary/aromatic N) is 3. The summed E-state index contributed by atoms with van der Waals surface area (Å²) in [6.45, 7) is 11.0. The van der Waals surface area contributed by atoms with Gasteiger partial charge in [0.25, 0.3) is 5.91 Å². The summed E-state index contributed by atoms with van der Waals surface area (Å²) in [6.07, 6.45) is 1.99. The summed E-state index contributed by atoms with van der Waals surface area (Å²) >= 11 is 0. The maximum absolute atomic E-state index is 13.3. The molecule has 0 bridgehead atoms. The van der Waals surface area contributed by atoms with E-state index in [9.17, 15) is 13.2 Å². The highest BCUT2D eigenvalue weighted by Gasteiger charge is 2.34. The Morgan fingerprint density at radius 3 is 2.14 bits per heavy atom. The van der Waals surface area contributed by atoms with Crippen LogP contribution in [0.4, 0.5) is 0 Å². The van der Waals surface area contributed by atoms with Gasteiger partial charge in [-0.25, -0.2) is 8.42 Å². The van der Waals surface area contributed by atoms with E-state index in [4.69, 9.17) is 9.47 Å². The summed E-state index contributed by atoms with van der Waals surface area (Å²) in [6, 6.07) is 20.7. The number of carbonyl (C=O) groups excluding carboxylic acids is 1. The maximum Gasteiger partial charge on any atom is 0.254 e. The summed E-state index contributed by atoms with van der Waals surface area (Å²) in [5.41, 5.74) is 2.93. The fourth-order valence-electron chi connectivity index (χ4n) is 6.56. The van der Waals surface area contributed by atoms with Crippen LogP contribution in [0.1, 0.15) is 54.2 Å². The summed E-state index contributed by atoms with van der Waals surface area (Å²) < 4.78 is 37.2. The molecule has 0 aliphatic carbocycles. The van der Waals surface area contributed by atoms with Gasteiger partial charge in [-0.15, -0.1) is 0 Å². The molecule has 0 aromatic heterocycles. The highest BCUT2D eigenvalue weighted by Crippen LogP contribution is 2.33. The number of piperidine rings is 1. The van der Waals surface area contributed by atoms with E-state index in [1.54, 1.807) is 24.3 Å². The SMILES string of the molecule is COc1ccc(S(=O)(=O)c2ccc([C@H](C)N3CCN(C4CCN(C(=O)c5ccccc5C)CC4)C[C@H]3C)cc2)cc1OC. The van der Waals surface area contributed by atoms with Crippen LogP contribution >= 0.6 is 0 Å². The molecule has 0 radical (unpaired) electrons. The second kappa shape index (κ2) is 13.1. The lowest BCUT2D eigenvalue weighted by Gasteiger charge is -2.47. The third-order valence-electron chi connectivity index (χ3n) is 9.19. The van der Waals surface area contributed by atoms with Crippen molar-refractivity contribution in [3.8, 4) is 11.5 Å². The molecule has 0 spiro atoms. The summed E-state index contributed by atoms with van der Waals surface area (Å²) in [5, 5.41) is 0. The van der Waals surface area contributed by atoms with E-state index in [2.05, 4.69) is 23.6 Å². The van der Waals surface area contributed by atoms with Crippen molar-refractivity contribution in [2.75, 3.05) is 46.9 Å². The number of piperazine rings is 1. The Balaban J connectivity index is 1.18. The van der Waals surface area contributed by atoms with Gasteiger partial charge in [0.2, 0.25) is 9.84 Å². The van der Waals surface area contributed by atoms with Gasteiger partial charge in [-0.05, 0) is 75.1 Å². The number of ether oxygens (including phenoxy) is 2. The molecule has 9 heteroatoms. The number of methoxy groups -OCH3 is 2. The molecule has 0 unspecified atom stereocenters. The number of hydrogen-bond acceptors (Lipinski definition) is 7. The fraction of sp³-hybridized carbons (Fsp3) is 0.441. The number of likely N-dealkylation sites (tertiary alicyclic amines) is 1. The summed E-state index contributed by atoms with van der Waals surface area (Å²) in [7, 11) is -0.691. The van der Waals surface area contributed by atoms with Crippen LogP contribution in [0.5, 0.6) is 11.5 Å². The summed E-state index contributed by atoms with van der Waals surface area (Å²) in [5.74, 6) is 1.01. The first-order valence-corrected chi connectivity index (χ1v) is 16.5. The molecule has 2 aliphatic rings. The van der Waals surface area contributed by atoms with Crippen molar-refractivity contribution in [1.82, 2.24) is 14.7 Å². The Morgan fingerprint density at radius 2 is 1.51 bits per heavy atom. The van der Waals surface area contributed by atoms with E-state index in [0.29, 0.717) is 23.6 Å². The first-order chi connectivity index (χ1) is 20.6. The Labute approximate surface area is 256 Å². The molecule has 0 N–H and O–H groups in total. The maximum atomic E-state index is 13.3. The van der Waals surface area contributed by atoms with Crippen LogP contribution < -0.4 is 9.47 Å². The van der Waals surface area contributed by atoms with Gasteiger partial charge >= 0.3 is 0 Å². The Hall–Kier alpha value is -3.40. The predicted octanol–water partition coefficient (Wildman–Crippen LogP) is 5.22. The van der Waals surface area contributed by atoms with Crippen LogP contribution in [0.15, 0.2) is 76.5 Å². The molecule has 5 rings (SSSR count). The van der Waals surface area contributed by atoms with Crippen LogP contribution in [0.25, 0.3) is 0 Å². The number of benzene rings is 3. The zero-order chi connectivity index (χ0) is 30.7. The molecule has 2 aliphatic heterocycles. The van der Waals surface area contributed by atoms with Crippen molar-refractivity contribution < 1.29 is 22.7 Å². The smallest absolute Gasteiger partial charge is 0.254 e. The molecule has 0 saturated carbocycles. The summed E-state index contributed by atoms with van der Waals surface area (Å²) in [4.78, 5) is 20.6. The minimum Gasteiger partial charge on any atom is -0.493 e. The lowest BCUT2D eigenvalue weighted by atomic mass is 9.98. The van der Waals surface area contributed by atoms with Gasteiger partial charge in [0.05, 0.1) is 24.0 Å². The highest BCUT2D eigenvalue weighted by atomic mass is 32.2. The fourth-order valence-corrected chi connectivity index (χ4v) is 7.84. The van der Waals surface area contributed by atoms with E-state index in [1.807, 2.05) is 48.2 Å². The Morgan fingerprint density at radius 1 is 0.860 bits per heavy atom. The molecule has 8 nitrogen and oxygen atoms in total. The molecule has 2 heterocycles. The van der Waals surface area contributed by atoms with Crippen LogP contribution in [0.3, 0.4) is 0 Å². The van der Waals surface area contributed by atoms with Crippen molar-refractivity contribution in [3.05, 3.63) is 83.4 Å². The number of carbonyl (C=O) groups is 1. The van der Waals surface area contributed by atoms with Crippen molar-refractivity contribution in [1.29, 1.82) is 0 Å². The van der Waals surface area contributed by atoms with E-state index in [-0.39, 0.29) is 21.7 Å². The Bertz CT molecular complexity index is 1530. The van der Waals surface area contributed by atoms with Gasteiger partial charge in [-0.1, -0.05) is 30.3 Å². The molecule has 3 aromatic rings. The van der Waals surface area contributed by atoms with Gasteiger partial charge in [0.15, 0.2) is 11.5 Å². The quantitative estimate of drug-likeness (QED) is 0.349. The third-order valence-corrected chi connectivity index (χ3v) is 11.0. The van der Waals surface area contributed by atoms with Crippen LogP contribution in [-0.4, -0.2) is 88.1 Å². The molecule has 3 aromatic carbocycles. The molecule has 1 amide bonds. The molecule has 2 atom stereocenters. The third kappa shape index (κ3) is 6.44. The first-order valence-electron chi connectivity index (χ1n) is 15.1. The van der Waals surface area contributed by atoms with Gasteiger partial charge in [0.1, 0.15) is 0 Å². The number of rotatable bonds is 8. The van der Waals surface area contributed by atoms with E-state index in [0.717, 1.165) is 62.3 Å². The average Bonchev–Trinajstić information content (AvgIpc) is 3.04. The largest absolute Gasteiger partial charge is 0.493 e. The predicted molar refractivity (Wildman–Crippen MR) is 168 cm³/mol. The number of aryl methyl sites for hydroxylation is 1. The second-order valence-electron chi connectivity index (χ2n) is 11.7. The van der Waals surface area contributed by atoms with E-state index >= 15 is 0 Å². The second-order valence-corrected chi connectivity index (χ2v) is 13.6. The van der Waals surface area contributed by atoms with Crippen molar-refractivity contribution >= 4 is 15.7 Å². The van der Waals surface area contributed by atoms with Crippen LogP contribution in [-0.2, 0) is 9.84 Å². The first kappa shape index (κ1) is 31.0. The monoisotopic (exact) mass is 605 g/mol. The Kier molecular flexibility index (Phi) is 9.44. The minimum atomic E-state index is -3.70. The topological polar surface area (TPSA) is 79.4 Å². The number of hydrogen-bond donors (Lipinski definition) is 0. The standard InChI is InChI=1S/C34H43N3O5S/c1-24-8-6-7-9-31(24)34(38)35-18-16-28(17-19-35)36-20-21-37(25(2)23-36)26(3)27-10-12-29(13-11-27)43(39,40)30-14-15-32(41-4)33(22-30)42-5/h6-15,22,25-26,28H,16-21,23H2,1-5H3/t25-,26+/m1/s1. The normalized spacial score (nSPS) is 19.7. The molecule has 43 heavy (non-hydrogen) atoms. The number of sulfone groups is 1. The van der Waals surface area contributed by atoms with Crippen LogP contribution in [0, 0.1) is 6.92 Å². The van der Waals surface area contributed by atoms with Gasteiger partial charge in [-0.3, -0.25) is 14.6 Å². The van der Waals surface area contributed by atoms with Gasteiger partial charge in [-0.2, -0.15) is 0 Å². The molecular weight excluding hydrogens is 562 g/mol. The highest BCUT2D eigenvalue weighted by molar-refractivity contribution is 7.91. The van der Waals surface area contributed by atoms with Gasteiger partial charge < -0.3 is 14.4 Å². The van der Waals surface area contributed by atoms with E-state index in [1.165, 1.54) is 20.3 Å². The molecule has 2 saturated heterocycles. The molecule has 230 valence electrons. The van der Waals surface area contributed by atoms with Crippen molar-refractivity contribution in [2.45, 2.75) is 61.5 Å². The zero-order valence-electron chi connectivity index (χ0n) is 25.8. The van der Waals surface area contributed by atoms with Crippen LogP contribution in [0.2, 0.25) is 0 Å². The van der Waals surface area contributed by atoms with Crippen molar-refractivity contribution in [2.24, 2.45) is 0 Å². The number of amides is 1. The zero-order valence-corrected chi connectivity index (χ0v) is 26.6.